The van der Waals surface area contributed by atoms with E-state index >= 15 is 0 Å². The Labute approximate surface area is 121 Å². The molecule has 0 heterocycles. The van der Waals surface area contributed by atoms with Crippen LogP contribution in [0.5, 0.6) is 0 Å². The molecule has 0 saturated carbocycles. The van der Waals surface area contributed by atoms with Crippen LogP contribution >= 0.6 is 23.2 Å². The summed E-state index contributed by atoms with van der Waals surface area (Å²) in [5.74, 6) is -0.717. The van der Waals surface area contributed by atoms with Crippen molar-refractivity contribution in [2.75, 3.05) is 0 Å². The molecule has 0 saturated heterocycles. The first-order valence-corrected chi connectivity index (χ1v) is 6.57. The number of benzene rings is 2. The highest BCUT2D eigenvalue weighted by Gasteiger charge is 2.15. The minimum absolute atomic E-state index is 0.0266. The number of halogens is 4. The zero-order valence-electron chi connectivity index (χ0n) is 10.5. The molecule has 4 heteroatoms. The molecule has 0 aliphatic carbocycles. The third-order valence-corrected chi connectivity index (χ3v) is 3.78. The van der Waals surface area contributed by atoms with Gasteiger partial charge >= 0.3 is 0 Å². The summed E-state index contributed by atoms with van der Waals surface area (Å²) >= 11 is 12.1. The number of hydrogen-bond acceptors (Lipinski definition) is 0. The molecular formula is C15H12Cl2F2. The minimum atomic E-state index is -0.490. The molecule has 2 aromatic carbocycles. The van der Waals surface area contributed by atoms with Crippen LogP contribution in [0, 0.1) is 25.5 Å². The Bertz CT molecular complexity index is 601. The first-order chi connectivity index (χ1) is 8.90. The molecule has 0 N–H and O–H groups in total. The summed E-state index contributed by atoms with van der Waals surface area (Å²) < 4.78 is 26.7. The molecule has 19 heavy (non-hydrogen) atoms. The lowest BCUT2D eigenvalue weighted by molar-refractivity contribution is 0.608. The fourth-order valence-electron chi connectivity index (χ4n) is 1.99. The molecule has 100 valence electrons. The normalized spacial score (nSPS) is 12.5. The maximum atomic E-state index is 13.6. The Hall–Kier alpha value is -1.12. The molecule has 0 aliphatic heterocycles. The van der Waals surface area contributed by atoms with Gasteiger partial charge in [0.25, 0.3) is 0 Å². The van der Waals surface area contributed by atoms with Crippen molar-refractivity contribution in [3.05, 3.63) is 69.2 Å². The van der Waals surface area contributed by atoms with E-state index in [1.54, 1.807) is 32.0 Å². The number of hydrogen-bond donors (Lipinski definition) is 0. The molecule has 0 spiro atoms. The Morgan fingerprint density at radius 2 is 1.53 bits per heavy atom. The molecule has 0 radical (unpaired) electrons. The maximum Gasteiger partial charge on any atom is 0.141 e. The molecule has 0 aliphatic rings. The van der Waals surface area contributed by atoms with E-state index in [1.165, 1.54) is 12.1 Å². The van der Waals surface area contributed by atoms with E-state index in [4.69, 9.17) is 23.2 Å². The van der Waals surface area contributed by atoms with Crippen LogP contribution in [-0.2, 0) is 0 Å². The average molecular weight is 301 g/mol. The number of rotatable bonds is 2. The van der Waals surface area contributed by atoms with Gasteiger partial charge in [0.2, 0.25) is 0 Å². The van der Waals surface area contributed by atoms with Crippen LogP contribution in [0.4, 0.5) is 8.78 Å². The van der Waals surface area contributed by atoms with Crippen molar-refractivity contribution in [1.29, 1.82) is 0 Å². The molecular weight excluding hydrogens is 289 g/mol. The van der Waals surface area contributed by atoms with E-state index in [9.17, 15) is 8.78 Å². The first kappa shape index (κ1) is 14.3. The quantitative estimate of drug-likeness (QED) is 0.637. The van der Waals surface area contributed by atoms with E-state index in [2.05, 4.69) is 0 Å². The molecule has 0 amide bonds. The Morgan fingerprint density at radius 3 is 2.05 bits per heavy atom. The van der Waals surface area contributed by atoms with Crippen molar-refractivity contribution in [1.82, 2.24) is 0 Å². The molecule has 1 unspecified atom stereocenters. The number of alkyl halides is 1. The van der Waals surface area contributed by atoms with Crippen LogP contribution in [-0.4, -0.2) is 0 Å². The standard InChI is InChI=1S/C15H12Cl2F2/c1-8-5-11(6-9(2)15(8)19)14(17)10-3-4-13(18)12(16)7-10/h3-7,14H,1-2H3. The Morgan fingerprint density at radius 1 is 0.947 bits per heavy atom. The first-order valence-electron chi connectivity index (χ1n) is 5.76. The van der Waals surface area contributed by atoms with E-state index in [0.717, 1.165) is 5.56 Å². The van der Waals surface area contributed by atoms with Gasteiger partial charge in [-0.15, -0.1) is 11.6 Å². The monoisotopic (exact) mass is 300 g/mol. The van der Waals surface area contributed by atoms with Crippen LogP contribution in [0.3, 0.4) is 0 Å². The fraction of sp³-hybridized carbons (Fsp3) is 0.200. The summed E-state index contributed by atoms with van der Waals surface area (Å²) in [7, 11) is 0. The van der Waals surface area contributed by atoms with Gasteiger partial charge in [-0.25, -0.2) is 8.78 Å². The van der Waals surface area contributed by atoms with E-state index < -0.39 is 11.2 Å². The van der Waals surface area contributed by atoms with Crippen LogP contribution in [0.1, 0.15) is 27.6 Å². The summed E-state index contributed by atoms with van der Waals surface area (Å²) in [6.45, 7) is 3.38. The molecule has 0 fully saturated rings. The lowest BCUT2D eigenvalue weighted by atomic mass is 9.99. The van der Waals surface area contributed by atoms with Crippen molar-refractivity contribution < 1.29 is 8.78 Å². The SMILES string of the molecule is Cc1cc(C(Cl)c2ccc(F)c(Cl)c2)cc(C)c1F. The molecule has 0 nitrogen and oxygen atoms in total. The van der Waals surface area contributed by atoms with Gasteiger partial charge in [-0.3, -0.25) is 0 Å². The predicted octanol–water partition coefficient (Wildman–Crippen LogP) is 5.56. The topological polar surface area (TPSA) is 0 Å². The van der Waals surface area contributed by atoms with E-state index in [-0.39, 0.29) is 10.8 Å². The number of aryl methyl sites for hydroxylation is 2. The molecule has 2 rings (SSSR count). The van der Waals surface area contributed by atoms with Crippen molar-refractivity contribution in [2.24, 2.45) is 0 Å². The highest BCUT2D eigenvalue weighted by atomic mass is 35.5. The maximum absolute atomic E-state index is 13.6. The van der Waals surface area contributed by atoms with Crippen LogP contribution < -0.4 is 0 Å². The van der Waals surface area contributed by atoms with Gasteiger partial charge in [0.05, 0.1) is 10.4 Å². The van der Waals surface area contributed by atoms with Gasteiger partial charge in [-0.05, 0) is 48.2 Å². The minimum Gasteiger partial charge on any atom is -0.206 e. The molecule has 1 atom stereocenters. The van der Waals surface area contributed by atoms with Crippen LogP contribution in [0.2, 0.25) is 5.02 Å². The summed E-state index contributed by atoms with van der Waals surface area (Å²) in [4.78, 5) is 0. The third-order valence-electron chi connectivity index (χ3n) is 2.99. The fourth-order valence-corrected chi connectivity index (χ4v) is 2.44. The summed E-state index contributed by atoms with van der Waals surface area (Å²) in [6, 6.07) is 7.72. The van der Waals surface area contributed by atoms with Crippen molar-refractivity contribution in [3.8, 4) is 0 Å². The van der Waals surface area contributed by atoms with Gasteiger partial charge < -0.3 is 0 Å². The molecule has 2 aromatic rings. The van der Waals surface area contributed by atoms with Crippen LogP contribution in [0.15, 0.2) is 30.3 Å². The average Bonchev–Trinajstić information content (AvgIpc) is 2.37. The summed E-state index contributed by atoms with van der Waals surface area (Å²) in [5.41, 5.74) is 2.52. The van der Waals surface area contributed by atoms with Gasteiger partial charge in [0.15, 0.2) is 0 Å². The van der Waals surface area contributed by atoms with Gasteiger partial charge in [0.1, 0.15) is 11.6 Å². The van der Waals surface area contributed by atoms with E-state index in [1.807, 2.05) is 0 Å². The zero-order chi connectivity index (χ0) is 14.2. The van der Waals surface area contributed by atoms with Gasteiger partial charge in [0, 0.05) is 0 Å². The summed E-state index contributed by atoms with van der Waals surface area (Å²) in [6.07, 6.45) is 0. The smallest absolute Gasteiger partial charge is 0.141 e. The van der Waals surface area contributed by atoms with E-state index in [0.29, 0.717) is 16.7 Å². The zero-order valence-corrected chi connectivity index (χ0v) is 12.0. The predicted molar refractivity (Wildman–Crippen MR) is 75.0 cm³/mol. The second-order valence-corrected chi connectivity index (χ2v) is 5.35. The Kier molecular flexibility index (Phi) is 4.12. The van der Waals surface area contributed by atoms with Crippen molar-refractivity contribution in [2.45, 2.75) is 19.2 Å². The highest BCUT2D eigenvalue weighted by molar-refractivity contribution is 6.31. The largest absolute Gasteiger partial charge is 0.206 e. The second-order valence-electron chi connectivity index (χ2n) is 4.50. The lowest BCUT2D eigenvalue weighted by Gasteiger charge is -2.13. The highest BCUT2D eigenvalue weighted by Crippen LogP contribution is 2.32. The van der Waals surface area contributed by atoms with Crippen LogP contribution in [0.25, 0.3) is 0 Å². The van der Waals surface area contributed by atoms with Gasteiger partial charge in [-0.2, -0.15) is 0 Å². The van der Waals surface area contributed by atoms with Gasteiger partial charge in [-0.1, -0.05) is 29.8 Å². The van der Waals surface area contributed by atoms with Crippen molar-refractivity contribution in [3.63, 3.8) is 0 Å². The summed E-state index contributed by atoms with van der Waals surface area (Å²) in [5, 5.41) is -0.463. The lowest BCUT2D eigenvalue weighted by Crippen LogP contribution is -1.98. The molecule has 0 aromatic heterocycles. The van der Waals surface area contributed by atoms with Crippen molar-refractivity contribution >= 4 is 23.2 Å². The second kappa shape index (κ2) is 5.48. The Balaban J connectivity index is 2.43. The molecule has 0 bridgehead atoms. The third kappa shape index (κ3) is 2.90.